The van der Waals surface area contributed by atoms with Gasteiger partial charge in [0.2, 0.25) is 0 Å². The Labute approximate surface area is 194 Å². The van der Waals surface area contributed by atoms with Crippen molar-refractivity contribution < 1.29 is 9.36 Å². The van der Waals surface area contributed by atoms with E-state index in [-0.39, 0.29) is 5.91 Å². The van der Waals surface area contributed by atoms with E-state index in [4.69, 9.17) is 9.98 Å². The SMILES string of the molecule is CP(C)(=O)CN1CCN(C=C2N=C3CN=C(c4ccccc4)c4ccccc4N3C2=O)CC1. The normalized spacial score (nSPS) is 20.3. The molecule has 1 fully saturated rings. The van der Waals surface area contributed by atoms with Gasteiger partial charge in [-0.2, -0.15) is 0 Å². The van der Waals surface area contributed by atoms with Crippen LogP contribution in [0.3, 0.4) is 0 Å². The van der Waals surface area contributed by atoms with Crippen molar-refractivity contribution in [1.82, 2.24) is 9.80 Å². The van der Waals surface area contributed by atoms with Crippen LogP contribution in [0.4, 0.5) is 5.69 Å². The molecule has 0 saturated carbocycles. The molecule has 5 rings (SSSR count). The first-order chi connectivity index (χ1) is 15.9. The monoisotopic (exact) mass is 461 g/mol. The van der Waals surface area contributed by atoms with Gasteiger partial charge < -0.3 is 9.46 Å². The van der Waals surface area contributed by atoms with Crippen molar-refractivity contribution in [2.45, 2.75) is 0 Å². The van der Waals surface area contributed by atoms with Gasteiger partial charge in [-0.1, -0.05) is 48.5 Å². The molecule has 3 aliphatic rings. The molecule has 1 saturated heterocycles. The molecule has 3 aliphatic heterocycles. The number of amidine groups is 1. The van der Waals surface area contributed by atoms with Gasteiger partial charge in [0.25, 0.3) is 5.91 Å². The van der Waals surface area contributed by atoms with Crippen molar-refractivity contribution in [1.29, 1.82) is 0 Å². The summed E-state index contributed by atoms with van der Waals surface area (Å²) in [6, 6.07) is 17.9. The molecule has 0 unspecified atom stereocenters. The van der Waals surface area contributed by atoms with E-state index in [1.165, 1.54) is 0 Å². The number of anilines is 1. The fourth-order valence-electron chi connectivity index (χ4n) is 4.54. The minimum atomic E-state index is -2.08. The maximum absolute atomic E-state index is 13.4. The van der Waals surface area contributed by atoms with Crippen LogP contribution in [-0.4, -0.2) is 79.6 Å². The van der Waals surface area contributed by atoms with Crippen LogP contribution < -0.4 is 4.90 Å². The lowest BCUT2D eigenvalue weighted by molar-refractivity contribution is -0.114. The third-order valence-corrected chi connectivity index (χ3v) is 7.09. The van der Waals surface area contributed by atoms with Crippen LogP contribution in [0.5, 0.6) is 0 Å². The highest BCUT2D eigenvalue weighted by molar-refractivity contribution is 7.62. The summed E-state index contributed by atoms with van der Waals surface area (Å²) in [5.41, 5.74) is 4.10. The van der Waals surface area contributed by atoms with Crippen LogP contribution in [0.15, 0.2) is 76.5 Å². The summed E-state index contributed by atoms with van der Waals surface area (Å²) < 4.78 is 12.1. The molecule has 0 spiro atoms. The van der Waals surface area contributed by atoms with Crippen LogP contribution in [-0.2, 0) is 9.36 Å². The summed E-state index contributed by atoms with van der Waals surface area (Å²) in [7, 11) is -2.08. The Hall–Kier alpha value is -3.02. The van der Waals surface area contributed by atoms with E-state index in [1.54, 1.807) is 4.90 Å². The largest absolute Gasteiger partial charge is 0.373 e. The smallest absolute Gasteiger partial charge is 0.284 e. The van der Waals surface area contributed by atoms with E-state index < -0.39 is 7.14 Å². The second-order valence-electron chi connectivity index (χ2n) is 9.10. The molecule has 7 nitrogen and oxygen atoms in total. The van der Waals surface area contributed by atoms with Gasteiger partial charge in [-0.25, -0.2) is 4.99 Å². The third-order valence-electron chi connectivity index (χ3n) is 6.01. The zero-order valence-electron chi connectivity index (χ0n) is 19.0. The standard InChI is InChI=1S/C25H28N5O2P/c1-33(2,32)18-29-14-12-28(13-15-29)17-21-25(31)30-22-11-7-6-10-20(22)24(26-16-23(30)27-21)19-8-4-3-5-9-19/h3-11,17H,12-16,18H2,1-2H3. The molecule has 0 aliphatic carbocycles. The molecule has 3 heterocycles. The fraction of sp³-hybridized carbons (Fsp3) is 0.320. The Morgan fingerprint density at radius 3 is 2.39 bits per heavy atom. The molecule has 33 heavy (non-hydrogen) atoms. The number of para-hydroxylation sites is 1. The number of benzene rings is 2. The van der Waals surface area contributed by atoms with Gasteiger partial charge in [-0.3, -0.25) is 19.6 Å². The predicted octanol–water partition coefficient (Wildman–Crippen LogP) is 3.32. The second-order valence-corrected chi connectivity index (χ2v) is 12.5. The maximum Gasteiger partial charge on any atom is 0.284 e. The number of carbonyl (C=O) groups is 1. The summed E-state index contributed by atoms with van der Waals surface area (Å²) in [5, 5.41) is 0. The lowest BCUT2D eigenvalue weighted by atomic mass is 10.0. The summed E-state index contributed by atoms with van der Waals surface area (Å²) in [6.07, 6.45) is 2.52. The number of hydrogen-bond donors (Lipinski definition) is 0. The number of amides is 1. The second kappa shape index (κ2) is 8.73. The zero-order chi connectivity index (χ0) is 23.0. The van der Waals surface area contributed by atoms with Gasteiger partial charge in [0, 0.05) is 43.5 Å². The Kier molecular flexibility index (Phi) is 5.77. The lowest BCUT2D eigenvalue weighted by Crippen LogP contribution is -2.44. The minimum absolute atomic E-state index is 0.115. The van der Waals surface area contributed by atoms with Crippen molar-refractivity contribution in [3.63, 3.8) is 0 Å². The fourth-order valence-corrected chi connectivity index (χ4v) is 5.79. The molecule has 0 N–H and O–H groups in total. The molecular formula is C25H28N5O2P. The molecule has 0 aromatic heterocycles. The number of hydrogen-bond acceptors (Lipinski definition) is 6. The van der Waals surface area contributed by atoms with Crippen molar-refractivity contribution in [2.24, 2.45) is 9.98 Å². The number of aliphatic imine (C=N–C) groups is 2. The van der Waals surface area contributed by atoms with Gasteiger partial charge in [0.1, 0.15) is 11.5 Å². The summed E-state index contributed by atoms with van der Waals surface area (Å²) >= 11 is 0. The van der Waals surface area contributed by atoms with Gasteiger partial charge >= 0.3 is 0 Å². The molecule has 0 bridgehead atoms. The first kappa shape index (κ1) is 21.8. The molecule has 170 valence electrons. The van der Waals surface area contributed by atoms with E-state index >= 15 is 0 Å². The van der Waals surface area contributed by atoms with Crippen molar-refractivity contribution in [2.75, 3.05) is 57.2 Å². The van der Waals surface area contributed by atoms with Crippen molar-refractivity contribution in [3.8, 4) is 0 Å². The lowest BCUT2D eigenvalue weighted by Gasteiger charge is -2.34. The van der Waals surface area contributed by atoms with E-state index in [2.05, 4.69) is 9.80 Å². The van der Waals surface area contributed by atoms with Gasteiger partial charge in [0.05, 0.1) is 31.4 Å². The predicted molar refractivity (Wildman–Crippen MR) is 134 cm³/mol. The minimum Gasteiger partial charge on any atom is -0.373 e. The molecule has 0 atom stereocenters. The molecule has 8 heteroatoms. The number of piperazine rings is 1. The van der Waals surface area contributed by atoms with Crippen molar-refractivity contribution in [3.05, 3.63) is 77.6 Å². The highest BCUT2D eigenvalue weighted by Crippen LogP contribution is 2.37. The highest BCUT2D eigenvalue weighted by Gasteiger charge is 2.35. The Balaban J connectivity index is 1.41. The molecule has 1 amide bonds. The first-order valence-electron chi connectivity index (χ1n) is 11.2. The Morgan fingerprint density at radius 2 is 1.67 bits per heavy atom. The van der Waals surface area contributed by atoms with E-state index in [0.29, 0.717) is 24.4 Å². The topological polar surface area (TPSA) is 68.6 Å². The van der Waals surface area contributed by atoms with Crippen LogP contribution in [0.1, 0.15) is 11.1 Å². The van der Waals surface area contributed by atoms with E-state index in [9.17, 15) is 9.36 Å². The van der Waals surface area contributed by atoms with E-state index in [1.807, 2.05) is 74.1 Å². The first-order valence-corrected chi connectivity index (χ1v) is 14.0. The summed E-state index contributed by atoms with van der Waals surface area (Å²) in [5.74, 6) is 0.539. The van der Waals surface area contributed by atoms with Crippen LogP contribution in [0.2, 0.25) is 0 Å². The molecule has 2 aromatic rings. The number of fused-ring (bicyclic) bond motifs is 3. The average molecular weight is 462 g/mol. The molecule has 0 radical (unpaired) electrons. The van der Waals surface area contributed by atoms with Crippen LogP contribution >= 0.6 is 7.14 Å². The van der Waals surface area contributed by atoms with Gasteiger partial charge in [-0.15, -0.1) is 0 Å². The van der Waals surface area contributed by atoms with Crippen LogP contribution in [0.25, 0.3) is 0 Å². The number of carbonyl (C=O) groups excluding carboxylic acids is 1. The average Bonchev–Trinajstić information content (AvgIpc) is 3.00. The van der Waals surface area contributed by atoms with E-state index in [0.717, 1.165) is 48.7 Å². The van der Waals surface area contributed by atoms with Crippen molar-refractivity contribution >= 4 is 30.3 Å². The summed E-state index contributed by atoms with van der Waals surface area (Å²) in [4.78, 5) is 29.1. The summed E-state index contributed by atoms with van der Waals surface area (Å²) in [6.45, 7) is 7.24. The maximum atomic E-state index is 13.4. The molecular weight excluding hydrogens is 433 g/mol. The third kappa shape index (κ3) is 4.56. The van der Waals surface area contributed by atoms with Gasteiger partial charge in [0.15, 0.2) is 0 Å². The van der Waals surface area contributed by atoms with Gasteiger partial charge in [-0.05, 0) is 19.4 Å². The number of nitrogens with zero attached hydrogens (tertiary/aromatic N) is 5. The highest BCUT2D eigenvalue weighted by atomic mass is 31.2. The molecule has 2 aromatic carbocycles. The quantitative estimate of drug-likeness (QED) is 0.518. The van der Waals surface area contributed by atoms with Crippen LogP contribution in [0, 0.1) is 0 Å². The zero-order valence-corrected chi connectivity index (χ0v) is 19.9. The Bertz CT molecular complexity index is 1210. The Morgan fingerprint density at radius 1 is 0.970 bits per heavy atom. The number of rotatable bonds is 4.